The summed E-state index contributed by atoms with van der Waals surface area (Å²) < 4.78 is 0. The molecule has 18 heavy (non-hydrogen) atoms. The van der Waals surface area contributed by atoms with E-state index in [1.165, 1.54) is 0 Å². The molecule has 0 bridgehead atoms. The number of aryl methyl sites for hydroxylation is 1. The smallest absolute Gasteiger partial charge is 0.309 e. The molecule has 0 radical (unpaired) electrons. The topological polar surface area (TPSA) is 57.6 Å². The predicted molar refractivity (Wildman–Crippen MR) is 69.5 cm³/mol. The van der Waals surface area contributed by atoms with Crippen LogP contribution in [-0.2, 0) is 9.59 Å². The minimum atomic E-state index is -0.887. The van der Waals surface area contributed by atoms with Gasteiger partial charge in [-0.2, -0.15) is 0 Å². The normalized spacial score (nSPS) is 24.0. The highest BCUT2D eigenvalue weighted by molar-refractivity contribution is 7.12. The van der Waals surface area contributed by atoms with E-state index in [0.29, 0.717) is 0 Å². The van der Waals surface area contributed by atoms with Crippen molar-refractivity contribution in [3.8, 4) is 0 Å². The lowest BCUT2D eigenvalue weighted by atomic mass is 9.99. The molecule has 1 aromatic rings. The van der Waals surface area contributed by atoms with E-state index in [1.807, 2.05) is 32.9 Å². The number of likely N-dealkylation sites (tertiary alicyclic amines) is 1. The second-order valence-corrected chi connectivity index (χ2v) is 6.26. The van der Waals surface area contributed by atoms with Crippen LogP contribution in [0.15, 0.2) is 12.1 Å². The molecule has 98 valence electrons. The van der Waals surface area contributed by atoms with Crippen molar-refractivity contribution in [3.05, 3.63) is 21.9 Å². The summed E-state index contributed by atoms with van der Waals surface area (Å²) in [6.07, 6.45) is 0.106. The Balaban J connectivity index is 2.42. The van der Waals surface area contributed by atoms with Gasteiger partial charge >= 0.3 is 5.97 Å². The molecule has 5 heteroatoms. The van der Waals surface area contributed by atoms with Crippen molar-refractivity contribution in [1.29, 1.82) is 0 Å². The van der Waals surface area contributed by atoms with Crippen LogP contribution in [0, 0.1) is 12.8 Å². The summed E-state index contributed by atoms with van der Waals surface area (Å²) in [4.78, 5) is 27.1. The number of rotatable bonds is 3. The zero-order valence-corrected chi connectivity index (χ0v) is 11.5. The van der Waals surface area contributed by atoms with Crippen LogP contribution in [0.25, 0.3) is 0 Å². The Hall–Kier alpha value is -1.36. The van der Waals surface area contributed by atoms with Crippen molar-refractivity contribution < 1.29 is 14.7 Å². The van der Waals surface area contributed by atoms with Gasteiger partial charge in [0.25, 0.3) is 0 Å². The van der Waals surface area contributed by atoms with Gasteiger partial charge in [-0.3, -0.25) is 9.59 Å². The molecule has 0 aliphatic carbocycles. The average molecular weight is 267 g/mol. The molecule has 1 N–H and O–H groups in total. The number of carbonyl (C=O) groups is 2. The molecule has 0 aromatic carbocycles. The highest BCUT2D eigenvalue weighted by atomic mass is 32.1. The first-order chi connectivity index (χ1) is 8.41. The lowest BCUT2D eigenvalue weighted by Gasteiger charge is -2.29. The number of thiophene rings is 1. The highest BCUT2D eigenvalue weighted by Gasteiger charge is 2.46. The molecule has 1 saturated heterocycles. The molecule has 4 nitrogen and oxygen atoms in total. The molecule has 0 unspecified atom stereocenters. The lowest BCUT2D eigenvalue weighted by molar-refractivity contribution is -0.142. The first-order valence-electron chi connectivity index (χ1n) is 6.02. The minimum absolute atomic E-state index is 0.0225. The number of carboxylic acids is 1. The molecular formula is C13H17NO3S. The maximum atomic E-state index is 12.0. The predicted octanol–water partition coefficient (Wildman–Crippen LogP) is 2.44. The maximum absolute atomic E-state index is 12.0. The Bertz CT molecular complexity index is 480. The van der Waals surface area contributed by atoms with Crippen LogP contribution in [0.2, 0.25) is 0 Å². The van der Waals surface area contributed by atoms with Crippen LogP contribution in [0.5, 0.6) is 0 Å². The van der Waals surface area contributed by atoms with Gasteiger partial charge in [-0.05, 0) is 32.9 Å². The Kier molecular flexibility index (Phi) is 3.43. The van der Waals surface area contributed by atoms with Crippen molar-refractivity contribution in [2.45, 2.75) is 39.3 Å². The van der Waals surface area contributed by atoms with Crippen molar-refractivity contribution >= 4 is 23.2 Å². The van der Waals surface area contributed by atoms with Gasteiger partial charge in [0.1, 0.15) is 0 Å². The number of hydrogen-bond acceptors (Lipinski definition) is 3. The molecule has 2 rings (SSSR count). The second-order valence-electron chi connectivity index (χ2n) is 4.94. The second kappa shape index (κ2) is 4.72. The molecule has 2 heterocycles. The van der Waals surface area contributed by atoms with E-state index < -0.39 is 11.9 Å². The summed E-state index contributed by atoms with van der Waals surface area (Å²) in [6, 6.07) is 3.62. The minimum Gasteiger partial charge on any atom is -0.481 e. The Morgan fingerprint density at radius 3 is 2.61 bits per heavy atom. The summed E-state index contributed by atoms with van der Waals surface area (Å²) in [5.74, 6) is -1.58. The molecule has 0 saturated carbocycles. The quantitative estimate of drug-likeness (QED) is 0.915. The third-order valence-electron chi connectivity index (χ3n) is 3.29. The highest BCUT2D eigenvalue weighted by Crippen LogP contribution is 2.42. The first-order valence-corrected chi connectivity index (χ1v) is 6.83. The summed E-state index contributed by atoms with van der Waals surface area (Å²) in [5, 5.41) is 9.29. The van der Waals surface area contributed by atoms with Gasteiger partial charge in [-0.15, -0.1) is 11.3 Å². The summed E-state index contributed by atoms with van der Waals surface area (Å²) in [6.45, 7) is 5.84. The van der Waals surface area contributed by atoms with Gasteiger partial charge in [0.05, 0.1) is 12.0 Å². The Morgan fingerprint density at radius 1 is 1.50 bits per heavy atom. The third-order valence-corrected chi connectivity index (χ3v) is 4.36. The zero-order valence-electron chi connectivity index (χ0n) is 10.7. The number of aliphatic carboxylic acids is 1. The Labute approximate surface area is 110 Å². The number of carboxylic acid groups (broad SMARTS) is 1. The van der Waals surface area contributed by atoms with E-state index >= 15 is 0 Å². The molecule has 1 aliphatic heterocycles. The van der Waals surface area contributed by atoms with E-state index in [0.717, 1.165) is 9.75 Å². The standard InChI is InChI=1S/C13H17NO3S/c1-7(2)14-11(15)6-9(13(16)17)12(14)10-5-4-8(3)18-10/h4-5,7,9,12H,6H2,1-3H3,(H,16,17)/t9-,12+/m0/s1. The fourth-order valence-electron chi connectivity index (χ4n) is 2.53. The van der Waals surface area contributed by atoms with Crippen molar-refractivity contribution in [3.63, 3.8) is 0 Å². The van der Waals surface area contributed by atoms with Crippen LogP contribution in [0.1, 0.15) is 36.1 Å². The summed E-state index contributed by atoms with van der Waals surface area (Å²) in [5.41, 5.74) is 0. The van der Waals surface area contributed by atoms with Crippen LogP contribution >= 0.6 is 11.3 Å². The maximum Gasteiger partial charge on any atom is 0.309 e. The van der Waals surface area contributed by atoms with E-state index in [4.69, 9.17) is 0 Å². The fourth-order valence-corrected chi connectivity index (χ4v) is 3.58. The van der Waals surface area contributed by atoms with Crippen molar-refractivity contribution in [2.75, 3.05) is 0 Å². The van der Waals surface area contributed by atoms with E-state index in [1.54, 1.807) is 16.2 Å². The summed E-state index contributed by atoms with van der Waals surface area (Å²) >= 11 is 1.57. The molecule has 1 aliphatic rings. The molecule has 2 atom stereocenters. The monoisotopic (exact) mass is 267 g/mol. The fraction of sp³-hybridized carbons (Fsp3) is 0.538. The van der Waals surface area contributed by atoms with Crippen LogP contribution in [0.4, 0.5) is 0 Å². The first kappa shape index (κ1) is 13.1. The zero-order chi connectivity index (χ0) is 13.4. The molecule has 1 aromatic heterocycles. The summed E-state index contributed by atoms with van der Waals surface area (Å²) in [7, 11) is 0. The molecular weight excluding hydrogens is 250 g/mol. The van der Waals surface area contributed by atoms with Crippen LogP contribution in [-0.4, -0.2) is 27.9 Å². The Morgan fingerprint density at radius 2 is 2.17 bits per heavy atom. The number of hydrogen-bond donors (Lipinski definition) is 1. The van der Waals surface area contributed by atoms with Crippen molar-refractivity contribution in [2.24, 2.45) is 5.92 Å². The van der Waals surface area contributed by atoms with E-state index in [-0.39, 0.29) is 24.4 Å². The SMILES string of the molecule is Cc1ccc([C@H]2[C@@H](C(=O)O)CC(=O)N2C(C)C)s1. The molecule has 1 fully saturated rings. The molecule has 1 amide bonds. The molecule has 0 spiro atoms. The number of carbonyl (C=O) groups excluding carboxylic acids is 1. The van der Waals surface area contributed by atoms with Crippen LogP contribution < -0.4 is 0 Å². The number of amides is 1. The van der Waals surface area contributed by atoms with Crippen molar-refractivity contribution in [1.82, 2.24) is 4.90 Å². The average Bonchev–Trinajstić information content (AvgIpc) is 2.81. The lowest BCUT2D eigenvalue weighted by Crippen LogP contribution is -2.35. The van der Waals surface area contributed by atoms with Crippen LogP contribution in [0.3, 0.4) is 0 Å². The van der Waals surface area contributed by atoms with Gasteiger partial charge in [0.2, 0.25) is 5.91 Å². The van der Waals surface area contributed by atoms with Gasteiger partial charge in [-0.25, -0.2) is 0 Å². The van der Waals surface area contributed by atoms with Gasteiger partial charge < -0.3 is 10.0 Å². The van der Waals surface area contributed by atoms with E-state index in [9.17, 15) is 14.7 Å². The third kappa shape index (κ3) is 2.14. The van der Waals surface area contributed by atoms with Gasteiger partial charge in [0.15, 0.2) is 0 Å². The van der Waals surface area contributed by atoms with E-state index in [2.05, 4.69) is 0 Å². The largest absolute Gasteiger partial charge is 0.481 e. The van der Waals surface area contributed by atoms with Gasteiger partial charge in [-0.1, -0.05) is 0 Å². The number of nitrogens with zero attached hydrogens (tertiary/aromatic N) is 1. The van der Waals surface area contributed by atoms with Gasteiger partial charge in [0, 0.05) is 22.2 Å².